The van der Waals surface area contributed by atoms with E-state index in [1.54, 1.807) is 31.3 Å². The lowest BCUT2D eigenvalue weighted by Crippen LogP contribution is -2.25. The number of nitrogens with one attached hydrogen (secondary N) is 1. The first-order valence-electron chi connectivity index (χ1n) is 13.7. The molecule has 2 aliphatic rings. The molecule has 0 saturated carbocycles. The van der Waals surface area contributed by atoms with Crippen LogP contribution in [0.2, 0.25) is 10.0 Å². The molecule has 0 spiro atoms. The van der Waals surface area contributed by atoms with Gasteiger partial charge in [0.1, 0.15) is 11.9 Å². The van der Waals surface area contributed by atoms with Gasteiger partial charge in [-0.1, -0.05) is 53.5 Å². The van der Waals surface area contributed by atoms with Gasteiger partial charge in [-0.05, 0) is 95.5 Å². The van der Waals surface area contributed by atoms with E-state index in [9.17, 15) is 14.7 Å². The number of aromatic carboxylic acids is 1. The van der Waals surface area contributed by atoms with Crippen molar-refractivity contribution in [2.45, 2.75) is 31.8 Å². The Morgan fingerprint density at radius 2 is 1.83 bits per heavy atom. The molecule has 1 fully saturated rings. The molecule has 1 heterocycles. The lowest BCUT2D eigenvalue weighted by atomic mass is 9.87. The summed E-state index contributed by atoms with van der Waals surface area (Å²) >= 11 is 12.9. The second-order valence-electron chi connectivity index (χ2n) is 10.3. The third-order valence-electron chi connectivity index (χ3n) is 7.61. The molecule has 1 saturated heterocycles. The van der Waals surface area contributed by atoms with Crippen LogP contribution in [-0.2, 0) is 11.2 Å². The summed E-state index contributed by atoms with van der Waals surface area (Å²) in [7, 11) is 1.62. The van der Waals surface area contributed by atoms with Crippen LogP contribution in [0.4, 0.5) is 0 Å². The highest BCUT2D eigenvalue weighted by Gasteiger charge is 2.25. The lowest BCUT2D eigenvalue weighted by Gasteiger charge is -2.19. The standard InChI is InChI=1S/C33H32Cl2N2O4/c1-36-31(38)6-3-16-37-17-15-26(20-37)41-25-11-7-21(8-12-25)32-27-13-9-23(33(39)40)18-22(27)4-2-5-29(32)28-14-10-24(34)19-30(28)35/h3,6-14,18-19,26H,2,4-5,15-17,20H2,1H3,(H,36,38)(H,39,40)/b6-3+/t26-/m0/s1. The fourth-order valence-electron chi connectivity index (χ4n) is 5.60. The zero-order chi connectivity index (χ0) is 28.9. The molecule has 0 aromatic heterocycles. The number of carbonyl (C=O) groups is 2. The quantitative estimate of drug-likeness (QED) is 0.284. The van der Waals surface area contributed by atoms with Crippen molar-refractivity contribution in [1.29, 1.82) is 0 Å². The molecule has 212 valence electrons. The van der Waals surface area contributed by atoms with Crippen LogP contribution in [0.25, 0.3) is 11.1 Å². The van der Waals surface area contributed by atoms with Gasteiger partial charge in [-0.3, -0.25) is 9.69 Å². The van der Waals surface area contributed by atoms with Crippen LogP contribution in [0, 0.1) is 0 Å². The normalized spacial score (nSPS) is 17.4. The number of aryl methyl sites for hydroxylation is 1. The average molecular weight is 592 g/mol. The average Bonchev–Trinajstić information content (AvgIpc) is 3.31. The van der Waals surface area contributed by atoms with Crippen LogP contribution in [0.1, 0.15) is 51.9 Å². The number of amides is 1. The van der Waals surface area contributed by atoms with Gasteiger partial charge < -0.3 is 15.2 Å². The van der Waals surface area contributed by atoms with Crippen molar-refractivity contribution >= 4 is 46.2 Å². The van der Waals surface area contributed by atoms with E-state index in [-0.39, 0.29) is 17.6 Å². The Kier molecular flexibility index (Phi) is 9.13. The maximum Gasteiger partial charge on any atom is 0.335 e. The molecule has 41 heavy (non-hydrogen) atoms. The summed E-state index contributed by atoms with van der Waals surface area (Å²) in [6.07, 6.45) is 6.85. The Balaban J connectivity index is 1.43. The van der Waals surface area contributed by atoms with Crippen LogP contribution in [0.15, 0.2) is 72.8 Å². The summed E-state index contributed by atoms with van der Waals surface area (Å²) < 4.78 is 6.31. The molecule has 3 aromatic rings. The van der Waals surface area contributed by atoms with Gasteiger partial charge in [0.25, 0.3) is 0 Å². The van der Waals surface area contributed by atoms with E-state index in [0.29, 0.717) is 16.6 Å². The van der Waals surface area contributed by atoms with Crippen LogP contribution in [0.3, 0.4) is 0 Å². The lowest BCUT2D eigenvalue weighted by molar-refractivity contribution is -0.116. The second-order valence-corrected chi connectivity index (χ2v) is 11.2. The van der Waals surface area contributed by atoms with E-state index in [1.807, 2.05) is 36.4 Å². The number of fused-ring (bicyclic) bond motifs is 1. The molecule has 1 aliphatic heterocycles. The van der Waals surface area contributed by atoms with Crippen molar-refractivity contribution in [2.24, 2.45) is 0 Å². The highest BCUT2D eigenvalue weighted by Crippen LogP contribution is 2.42. The van der Waals surface area contributed by atoms with Crippen LogP contribution in [-0.4, -0.2) is 54.7 Å². The molecular formula is C33H32Cl2N2O4. The summed E-state index contributed by atoms with van der Waals surface area (Å²) in [5.74, 6) is -0.242. The zero-order valence-corrected chi connectivity index (χ0v) is 24.3. The Morgan fingerprint density at radius 3 is 2.56 bits per heavy atom. The van der Waals surface area contributed by atoms with E-state index < -0.39 is 5.97 Å². The molecule has 6 nitrogen and oxygen atoms in total. The fourth-order valence-corrected chi connectivity index (χ4v) is 6.12. The second kappa shape index (κ2) is 12.9. The van der Waals surface area contributed by atoms with E-state index >= 15 is 0 Å². The maximum atomic E-state index is 11.7. The van der Waals surface area contributed by atoms with Crippen molar-refractivity contribution in [3.63, 3.8) is 0 Å². The van der Waals surface area contributed by atoms with Gasteiger partial charge in [0.2, 0.25) is 5.91 Å². The van der Waals surface area contributed by atoms with Crippen molar-refractivity contribution in [1.82, 2.24) is 10.2 Å². The van der Waals surface area contributed by atoms with Gasteiger partial charge in [0.15, 0.2) is 0 Å². The van der Waals surface area contributed by atoms with Crippen molar-refractivity contribution in [2.75, 3.05) is 26.7 Å². The molecule has 3 aromatic carbocycles. The van der Waals surface area contributed by atoms with Gasteiger partial charge in [-0.2, -0.15) is 0 Å². The number of hydrogen-bond donors (Lipinski definition) is 2. The van der Waals surface area contributed by atoms with Crippen LogP contribution >= 0.6 is 23.2 Å². The highest BCUT2D eigenvalue weighted by atomic mass is 35.5. The number of hydrogen-bond acceptors (Lipinski definition) is 4. The Morgan fingerprint density at radius 1 is 1.05 bits per heavy atom. The van der Waals surface area contributed by atoms with E-state index in [4.69, 9.17) is 27.9 Å². The first kappa shape index (κ1) is 28.9. The first-order valence-corrected chi connectivity index (χ1v) is 14.5. The minimum atomic E-state index is -0.932. The molecule has 2 N–H and O–H groups in total. The number of halogens is 2. The minimum Gasteiger partial charge on any atom is -0.489 e. The van der Waals surface area contributed by atoms with Gasteiger partial charge in [-0.25, -0.2) is 4.79 Å². The summed E-state index contributed by atoms with van der Waals surface area (Å²) in [5, 5.41) is 13.3. The number of likely N-dealkylation sites (tertiary alicyclic amines) is 1. The largest absolute Gasteiger partial charge is 0.489 e. The zero-order valence-electron chi connectivity index (χ0n) is 22.8. The van der Waals surface area contributed by atoms with Gasteiger partial charge >= 0.3 is 5.97 Å². The van der Waals surface area contributed by atoms with Crippen molar-refractivity contribution in [3.05, 3.63) is 111 Å². The summed E-state index contributed by atoms with van der Waals surface area (Å²) in [5.41, 5.74) is 6.40. The van der Waals surface area contributed by atoms with Gasteiger partial charge in [0.05, 0.1) is 5.56 Å². The van der Waals surface area contributed by atoms with Crippen molar-refractivity contribution < 1.29 is 19.4 Å². The number of carboxylic acid groups (broad SMARTS) is 1. The van der Waals surface area contributed by atoms with Crippen LogP contribution < -0.4 is 10.1 Å². The van der Waals surface area contributed by atoms with E-state index in [0.717, 1.165) is 77.9 Å². The molecule has 1 amide bonds. The molecule has 1 aliphatic carbocycles. The van der Waals surface area contributed by atoms with Crippen molar-refractivity contribution in [3.8, 4) is 5.75 Å². The van der Waals surface area contributed by atoms with E-state index in [2.05, 4.69) is 22.3 Å². The summed E-state index contributed by atoms with van der Waals surface area (Å²) in [6.45, 7) is 2.41. The highest BCUT2D eigenvalue weighted by molar-refractivity contribution is 6.36. The number of allylic oxidation sites excluding steroid dienone is 1. The number of nitrogens with zero attached hydrogens (tertiary/aromatic N) is 1. The number of benzene rings is 3. The molecule has 0 bridgehead atoms. The van der Waals surface area contributed by atoms with Gasteiger partial charge in [-0.15, -0.1) is 0 Å². The fraction of sp³-hybridized carbons (Fsp3) is 0.273. The smallest absolute Gasteiger partial charge is 0.335 e. The third kappa shape index (κ3) is 6.84. The third-order valence-corrected chi connectivity index (χ3v) is 8.15. The number of rotatable bonds is 8. The molecule has 0 unspecified atom stereocenters. The van der Waals surface area contributed by atoms with E-state index in [1.165, 1.54) is 0 Å². The predicted molar refractivity (Wildman–Crippen MR) is 164 cm³/mol. The molecule has 5 rings (SSSR count). The summed E-state index contributed by atoms with van der Waals surface area (Å²) in [4.78, 5) is 25.4. The topological polar surface area (TPSA) is 78.9 Å². The summed E-state index contributed by atoms with van der Waals surface area (Å²) in [6, 6.07) is 19.1. The Hall–Kier alpha value is -3.58. The molecule has 1 atom stereocenters. The maximum absolute atomic E-state index is 11.7. The number of carboxylic acids is 1. The molecule has 8 heteroatoms. The number of likely N-dealkylation sites (N-methyl/N-ethyl adjacent to an activating group) is 1. The van der Waals surface area contributed by atoms with Crippen LogP contribution in [0.5, 0.6) is 5.75 Å². The SMILES string of the molecule is CNC(=O)/C=C/CN1CC[C@H](Oc2ccc(C3=C(c4ccc(Cl)cc4Cl)CCCc4cc(C(=O)O)ccc43)cc2)C1. The molecule has 0 radical (unpaired) electrons. The Labute approximate surface area is 250 Å². The number of carbonyl (C=O) groups excluding carboxylic acids is 1. The Bertz CT molecular complexity index is 1510. The number of ether oxygens (including phenoxy) is 1. The first-order chi connectivity index (χ1) is 19.8. The minimum absolute atomic E-state index is 0.0740. The molecular weight excluding hydrogens is 559 g/mol. The van der Waals surface area contributed by atoms with Gasteiger partial charge in [0, 0.05) is 42.8 Å². The predicted octanol–water partition coefficient (Wildman–Crippen LogP) is 6.74. The monoisotopic (exact) mass is 590 g/mol.